The van der Waals surface area contributed by atoms with E-state index in [0.717, 1.165) is 88.0 Å². The van der Waals surface area contributed by atoms with E-state index in [0.29, 0.717) is 55.4 Å². The highest BCUT2D eigenvalue weighted by Crippen LogP contribution is 2.51. The maximum absolute atomic E-state index is 4.33. The molecular formula is C114H225N19. The molecular weight excluding hydrogens is 1640 g/mol. The highest BCUT2D eigenvalue weighted by atomic mass is 15.3. The Morgan fingerprint density at radius 3 is 0.684 bits per heavy atom. The van der Waals surface area contributed by atoms with Crippen molar-refractivity contribution in [3.63, 3.8) is 0 Å². The van der Waals surface area contributed by atoms with Gasteiger partial charge in [0.15, 0.2) is 0 Å². The summed E-state index contributed by atoms with van der Waals surface area (Å²) >= 11 is 0. The number of likely N-dealkylation sites (tertiary alicyclic amines) is 8. The molecule has 16 rings (SSSR count). The summed E-state index contributed by atoms with van der Waals surface area (Å²) in [5.41, 5.74) is 6.13. The van der Waals surface area contributed by atoms with Gasteiger partial charge in [0.25, 0.3) is 0 Å². The Balaban J connectivity index is 0.000000258. The van der Waals surface area contributed by atoms with Gasteiger partial charge in [-0.15, -0.1) is 0 Å². The van der Waals surface area contributed by atoms with E-state index < -0.39 is 0 Å². The number of likely N-dealkylation sites (N-methyl/N-ethyl adjacent to an activating group) is 1. The van der Waals surface area contributed by atoms with Crippen LogP contribution < -0.4 is 9.80 Å². The third kappa shape index (κ3) is 45.8. The van der Waals surface area contributed by atoms with E-state index in [1.165, 1.54) is 279 Å². The van der Waals surface area contributed by atoms with E-state index in [1.54, 1.807) is 24.8 Å². The summed E-state index contributed by atoms with van der Waals surface area (Å²) in [7, 11) is 2.19. The van der Waals surface area contributed by atoms with Crippen LogP contribution in [0.5, 0.6) is 0 Å². The van der Waals surface area contributed by atoms with Gasteiger partial charge in [0.05, 0.1) is 6.20 Å². The van der Waals surface area contributed by atoms with Gasteiger partial charge in [-0.2, -0.15) is 0 Å². The quantitative estimate of drug-likeness (QED) is 0.266. The zero-order chi connectivity index (χ0) is 99.8. The Hall–Kier alpha value is -3.02. The SMILES string of the molecule is CC(C)(C)N1CC2(CCC2)C1.CC(C)(C)N1CC=CC1.CC(C)(C)N1CCC1.CC(C)(C)N1CCC2(CCC2)CC1.CC(C)(C)N1CCCC1.CC(C)(C)N1CCCCC1.CC(C)(C)N1CCCCC1.CC(C)(C)N1CCCCC1.CC(C)(C)N1CCCCC1.CC(C)(C)N1CCN(c2cnccn2)CC1.CC(C)(C)N1CCN(c2ncccn2)CC1.CN1CCN(C(C)(C)C)CC1. The van der Waals surface area contributed by atoms with Crippen LogP contribution in [0.25, 0.3) is 0 Å². The fourth-order valence-corrected chi connectivity index (χ4v) is 20.3. The van der Waals surface area contributed by atoms with E-state index >= 15 is 0 Å². The highest BCUT2D eigenvalue weighted by Gasteiger charge is 2.50. The van der Waals surface area contributed by atoms with Crippen LogP contribution in [0.4, 0.5) is 11.8 Å². The molecule has 0 amide bonds. The van der Waals surface area contributed by atoms with E-state index in [4.69, 9.17) is 0 Å². The molecule has 0 aromatic carbocycles. The Kier molecular flexibility index (Phi) is 49.3. The van der Waals surface area contributed by atoms with Crippen molar-refractivity contribution < 1.29 is 0 Å². The third-order valence-electron chi connectivity index (χ3n) is 31.1. The van der Waals surface area contributed by atoms with Crippen molar-refractivity contribution in [3.8, 4) is 0 Å². The van der Waals surface area contributed by atoms with Crippen LogP contribution >= 0.6 is 0 Å². The minimum atomic E-state index is 0.267. The maximum Gasteiger partial charge on any atom is 0.225 e. The molecule has 0 N–H and O–H groups in total. The third-order valence-corrected chi connectivity index (χ3v) is 31.1. The molecule has 0 atom stereocenters. The number of rotatable bonds is 2. The fraction of sp³-hybridized carbons (Fsp3) is 0.912. The first-order valence-electron chi connectivity index (χ1n) is 54.8. The number of anilines is 2. The zero-order valence-corrected chi connectivity index (χ0v) is 95.6. The summed E-state index contributed by atoms with van der Waals surface area (Å²) in [4.78, 5) is 54.6. The average molecular weight is 1860 g/mol. The van der Waals surface area contributed by atoms with Crippen LogP contribution in [0.1, 0.15) is 397 Å². The lowest BCUT2D eigenvalue weighted by Crippen LogP contribution is -2.64. The summed E-state index contributed by atoms with van der Waals surface area (Å²) < 4.78 is 0. The van der Waals surface area contributed by atoms with E-state index in [1.807, 2.05) is 12.3 Å². The summed E-state index contributed by atoms with van der Waals surface area (Å²) in [5, 5.41) is 0. The first-order valence-corrected chi connectivity index (χ1v) is 54.8. The summed E-state index contributed by atoms with van der Waals surface area (Å²) in [6.45, 7) is 119. The molecule has 11 saturated heterocycles. The zero-order valence-electron chi connectivity index (χ0n) is 95.6. The van der Waals surface area contributed by atoms with Gasteiger partial charge in [-0.3, -0.25) is 63.8 Å². The van der Waals surface area contributed by atoms with Gasteiger partial charge in [-0.1, -0.05) is 50.7 Å². The molecule has 0 unspecified atom stereocenters. The van der Waals surface area contributed by atoms with Gasteiger partial charge in [-0.05, 0) is 474 Å². The smallest absolute Gasteiger partial charge is 0.225 e. The van der Waals surface area contributed by atoms with Crippen molar-refractivity contribution in [2.24, 2.45) is 10.8 Å². The molecule has 14 aliphatic rings. The minimum absolute atomic E-state index is 0.267. The molecule has 2 aromatic heterocycles. The summed E-state index contributed by atoms with van der Waals surface area (Å²) in [6, 6.07) is 1.86. The van der Waals surface area contributed by atoms with Gasteiger partial charge in [0.1, 0.15) is 5.82 Å². The van der Waals surface area contributed by atoms with Crippen LogP contribution in [0.2, 0.25) is 0 Å². The molecule has 133 heavy (non-hydrogen) atoms. The monoisotopic (exact) mass is 1860 g/mol. The largest absolute Gasteiger partial charge is 0.353 e. The Bertz CT molecular complexity index is 3120. The number of nitrogens with zero attached hydrogens (tertiary/aromatic N) is 19. The van der Waals surface area contributed by atoms with Gasteiger partial charge < -0.3 is 14.7 Å². The van der Waals surface area contributed by atoms with Crippen LogP contribution in [0, 0.1) is 10.8 Å². The highest BCUT2D eigenvalue weighted by molar-refractivity contribution is 5.36. The van der Waals surface area contributed by atoms with Crippen molar-refractivity contribution in [3.05, 3.63) is 49.2 Å². The Labute approximate surface area is 827 Å². The molecule has 0 bridgehead atoms. The molecule has 2 spiro atoms. The number of hydrogen-bond donors (Lipinski definition) is 0. The minimum Gasteiger partial charge on any atom is -0.353 e. The van der Waals surface area contributed by atoms with Gasteiger partial charge in [0, 0.05) is 196 Å². The van der Waals surface area contributed by atoms with Crippen LogP contribution in [0.15, 0.2) is 49.2 Å². The lowest BCUT2D eigenvalue weighted by Gasteiger charge is -2.60. The molecule has 19 nitrogen and oxygen atoms in total. The molecule has 19 heteroatoms. The second-order valence-electron chi connectivity index (χ2n) is 54.1. The lowest BCUT2D eigenvalue weighted by molar-refractivity contribution is -0.104. The van der Waals surface area contributed by atoms with Crippen molar-refractivity contribution in [1.29, 1.82) is 0 Å². The lowest BCUT2D eigenvalue weighted by atomic mass is 9.62. The number of aromatic nitrogens is 4. The maximum atomic E-state index is 4.33. The number of hydrogen-bond acceptors (Lipinski definition) is 19. The number of piperidine rings is 5. The second-order valence-corrected chi connectivity index (χ2v) is 54.1. The molecule has 2 aliphatic carbocycles. The predicted molar refractivity (Wildman–Crippen MR) is 582 cm³/mol. The molecule has 2 saturated carbocycles. The summed E-state index contributed by atoms with van der Waals surface area (Å²) in [6.07, 6.45) is 46.5. The van der Waals surface area contributed by atoms with Crippen molar-refractivity contribution in [2.75, 3.05) is 213 Å². The predicted octanol–water partition coefficient (Wildman–Crippen LogP) is 23.3. The molecule has 14 heterocycles. The first kappa shape index (κ1) is 120. The van der Waals surface area contributed by atoms with Crippen LogP contribution in [-0.4, -0.2) is 353 Å². The van der Waals surface area contributed by atoms with E-state index in [-0.39, 0.29) is 11.1 Å². The van der Waals surface area contributed by atoms with Crippen LogP contribution in [0.3, 0.4) is 0 Å². The standard InChI is InChI=1S/2C12H20N4.C12H23N.C10H19N.C9H20N2.4C9H19N.C8H17N.C8H15N.C7H15N/c1-12(2,3)16-8-6-15(7-9-16)11-10-13-4-5-14-11;1-12(2,3)16-9-7-15(8-10-16)11-13-5-4-6-14-11;1-11(2,3)13-9-7-12(8-10-13)5-4-6-12;1-9(2,3)11-7-10(8-11)5-4-6-10;1-9(2,3)11-7-5-10(4)6-8-11;4*1-9(2,3)10-7-5-4-6-8-10;2*1-8(2,3)9-6-4-5-7-9;1-7(2,3)8-5-4-6-8/h4-5,10H,6-9H2,1-3H3;4-6H,7-10H2,1-3H3;4-10H2,1-3H3;4-8H2,1-3H3;5-8H2,1-4H3;4*4-8H2,1-3H3;4-7H2,1-3H3;4-5H,6-7H2,1-3H3;4-6H2,1-3H3. The second kappa shape index (κ2) is 54.4. The van der Waals surface area contributed by atoms with Crippen molar-refractivity contribution in [1.82, 2.24) is 83.6 Å². The molecule has 12 aliphatic heterocycles. The van der Waals surface area contributed by atoms with Gasteiger partial charge >= 0.3 is 0 Å². The van der Waals surface area contributed by atoms with Crippen LogP contribution in [-0.2, 0) is 0 Å². The average Bonchev–Trinajstić information content (AvgIpc) is 1.51. The first-order chi connectivity index (χ1) is 61.4. The van der Waals surface area contributed by atoms with Crippen molar-refractivity contribution >= 4 is 11.8 Å². The Morgan fingerprint density at radius 2 is 0.459 bits per heavy atom. The van der Waals surface area contributed by atoms with Crippen molar-refractivity contribution in [2.45, 2.75) is 463 Å². The molecule has 13 fully saturated rings. The van der Waals surface area contributed by atoms with Gasteiger partial charge in [-0.25, -0.2) is 15.0 Å². The Morgan fingerprint density at radius 1 is 0.211 bits per heavy atom. The molecule has 776 valence electrons. The van der Waals surface area contributed by atoms with Gasteiger partial charge in [0.2, 0.25) is 5.95 Å². The molecule has 0 radical (unpaired) electrons. The summed E-state index contributed by atoms with van der Waals surface area (Å²) in [5.74, 6) is 1.85. The topological polar surface area (TPSA) is 100 Å². The number of piperazine rings is 3. The van der Waals surface area contributed by atoms with E-state index in [2.05, 4.69) is 362 Å². The normalized spacial score (nSPS) is 23.1. The van der Waals surface area contributed by atoms with E-state index in [9.17, 15) is 0 Å². The molecule has 2 aromatic rings. The fourth-order valence-electron chi connectivity index (χ4n) is 20.3.